The minimum atomic E-state index is -0.119. The molecular weight excluding hydrogens is 396 g/mol. The van der Waals surface area contributed by atoms with Crippen LogP contribution in [0.15, 0.2) is 39.3 Å². The van der Waals surface area contributed by atoms with Gasteiger partial charge in [0, 0.05) is 13.1 Å². The Hall–Kier alpha value is -2.46. The van der Waals surface area contributed by atoms with Crippen LogP contribution in [0.25, 0.3) is 11.5 Å². The van der Waals surface area contributed by atoms with E-state index in [0.717, 1.165) is 35.3 Å². The van der Waals surface area contributed by atoms with E-state index < -0.39 is 0 Å². The van der Waals surface area contributed by atoms with Gasteiger partial charge in [-0.2, -0.15) is 0 Å². The molecule has 1 unspecified atom stereocenters. The summed E-state index contributed by atoms with van der Waals surface area (Å²) < 4.78 is 6.22. The zero-order valence-electron chi connectivity index (χ0n) is 15.4. The topological polar surface area (TPSA) is 97.0 Å². The molecular formula is C18H20N6O2S2. The van der Waals surface area contributed by atoms with Gasteiger partial charge in [-0.1, -0.05) is 30.0 Å². The number of carbonyl (C=O) groups excluding carboxylic acids is 1. The maximum absolute atomic E-state index is 12.7. The summed E-state index contributed by atoms with van der Waals surface area (Å²) >= 11 is 3.03. The molecule has 1 amide bonds. The molecule has 1 atom stereocenters. The highest BCUT2D eigenvalue weighted by molar-refractivity contribution is 8.01. The number of thioether (sulfide) groups is 1. The van der Waals surface area contributed by atoms with Crippen LogP contribution in [0.2, 0.25) is 0 Å². The Morgan fingerprint density at radius 2 is 2.25 bits per heavy atom. The molecule has 3 aromatic heterocycles. The van der Waals surface area contributed by atoms with E-state index in [1.165, 1.54) is 11.3 Å². The first-order valence-electron chi connectivity index (χ1n) is 9.12. The van der Waals surface area contributed by atoms with Crippen LogP contribution in [0, 0.1) is 5.92 Å². The van der Waals surface area contributed by atoms with Crippen LogP contribution in [-0.2, 0) is 4.79 Å². The van der Waals surface area contributed by atoms with Crippen molar-refractivity contribution in [2.24, 2.45) is 5.92 Å². The average Bonchev–Trinajstić information content (AvgIpc) is 3.41. The maximum atomic E-state index is 12.7. The summed E-state index contributed by atoms with van der Waals surface area (Å²) in [6.07, 6.45) is 3.38. The molecule has 1 aliphatic heterocycles. The molecule has 4 heterocycles. The Balaban J connectivity index is 1.38. The fraction of sp³-hybridized carbons (Fsp3) is 0.389. The summed E-state index contributed by atoms with van der Waals surface area (Å²) in [6, 6.07) is 7.48. The van der Waals surface area contributed by atoms with E-state index in [-0.39, 0.29) is 11.8 Å². The Morgan fingerprint density at radius 1 is 1.32 bits per heavy atom. The lowest BCUT2D eigenvalue weighted by atomic mass is 9.97. The molecule has 10 heteroatoms. The molecule has 28 heavy (non-hydrogen) atoms. The van der Waals surface area contributed by atoms with Gasteiger partial charge in [-0.15, -0.1) is 20.4 Å². The number of carbonyl (C=O) groups is 1. The Bertz CT molecular complexity index is 913. The van der Waals surface area contributed by atoms with Gasteiger partial charge in [-0.25, -0.2) is 0 Å². The van der Waals surface area contributed by atoms with E-state index >= 15 is 0 Å². The lowest BCUT2D eigenvalue weighted by Crippen LogP contribution is -2.41. The predicted octanol–water partition coefficient (Wildman–Crippen LogP) is 3.56. The monoisotopic (exact) mass is 416 g/mol. The van der Waals surface area contributed by atoms with Crippen molar-refractivity contribution in [3.05, 3.63) is 30.5 Å². The van der Waals surface area contributed by atoms with E-state index in [1.807, 2.05) is 24.3 Å². The smallest absolute Gasteiger partial charge is 0.231 e. The molecule has 4 rings (SSSR count). The molecule has 146 valence electrons. The van der Waals surface area contributed by atoms with Crippen molar-refractivity contribution in [1.82, 2.24) is 20.4 Å². The molecule has 3 aromatic rings. The van der Waals surface area contributed by atoms with Crippen molar-refractivity contribution in [3.8, 4) is 11.5 Å². The fourth-order valence-corrected chi connectivity index (χ4v) is 4.75. The zero-order chi connectivity index (χ0) is 19.3. The maximum Gasteiger partial charge on any atom is 0.231 e. The molecule has 1 fully saturated rings. The van der Waals surface area contributed by atoms with Crippen LogP contribution >= 0.6 is 23.1 Å². The standard InChI is InChI=1S/C18H20N6O2S2/c1-2-27-18-23-22-17(28-18)19-16(25)12-5-3-9-24(11-12)15-8-7-13(20-21-15)14-6-4-10-26-14/h4,6-8,10,12H,2-3,5,9,11H2,1H3,(H,19,22,25). The zero-order valence-corrected chi connectivity index (χ0v) is 17.0. The summed E-state index contributed by atoms with van der Waals surface area (Å²) in [5.74, 6) is 2.25. The number of nitrogens with one attached hydrogen (secondary N) is 1. The van der Waals surface area contributed by atoms with Crippen LogP contribution < -0.4 is 10.2 Å². The molecule has 0 saturated carbocycles. The normalized spacial score (nSPS) is 16.9. The number of rotatable bonds is 6. The number of nitrogens with zero attached hydrogens (tertiary/aromatic N) is 5. The molecule has 0 radical (unpaired) electrons. The summed E-state index contributed by atoms with van der Waals surface area (Å²) in [7, 11) is 0. The summed E-state index contributed by atoms with van der Waals surface area (Å²) in [5.41, 5.74) is 0.692. The van der Waals surface area contributed by atoms with Gasteiger partial charge in [-0.05, 0) is 42.9 Å². The molecule has 0 spiro atoms. The van der Waals surface area contributed by atoms with Gasteiger partial charge in [0.1, 0.15) is 5.69 Å². The van der Waals surface area contributed by atoms with E-state index in [4.69, 9.17) is 4.42 Å². The van der Waals surface area contributed by atoms with Gasteiger partial charge in [0.05, 0.1) is 12.2 Å². The van der Waals surface area contributed by atoms with Gasteiger partial charge >= 0.3 is 0 Å². The van der Waals surface area contributed by atoms with Crippen LogP contribution in [0.3, 0.4) is 0 Å². The first kappa shape index (κ1) is 18.9. The van der Waals surface area contributed by atoms with Gasteiger partial charge in [-0.3, -0.25) is 4.79 Å². The van der Waals surface area contributed by atoms with E-state index in [9.17, 15) is 4.79 Å². The Labute approximate surface area is 170 Å². The van der Waals surface area contributed by atoms with Crippen LogP contribution in [-0.4, -0.2) is 45.1 Å². The highest BCUT2D eigenvalue weighted by Gasteiger charge is 2.27. The van der Waals surface area contributed by atoms with E-state index in [0.29, 0.717) is 23.1 Å². The second-order valence-electron chi connectivity index (χ2n) is 6.33. The molecule has 1 saturated heterocycles. The molecule has 0 aliphatic carbocycles. The average molecular weight is 417 g/mol. The molecule has 1 N–H and O–H groups in total. The van der Waals surface area contributed by atoms with Crippen LogP contribution in [0.1, 0.15) is 19.8 Å². The third-order valence-electron chi connectivity index (χ3n) is 4.44. The quantitative estimate of drug-likeness (QED) is 0.481. The van der Waals surface area contributed by atoms with Crippen LogP contribution in [0.5, 0.6) is 0 Å². The van der Waals surface area contributed by atoms with Crippen molar-refractivity contribution in [2.75, 3.05) is 29.1 Å². The Kier molecular flexibility index (Phi) is 5.87. The van der Waals surface area contributed by atoms with Gasteiger partial charge < -0.3 is 14.6 Å². The van der Waals surface area contributed by atoms with Gasteiger partial charge in [0.2, 0.25) is 11.0 Å². The third-order valence-corrected chi connectivity index (χ3v) is 6.30. The largest absolute Gasteiger partial charge is 0.463 e. The van der Waals surface area contributed by atoms with Crippen molar-refractivity contribution < 1.29 is 9.21 Å². The number of hydrogen-bond donors (Lipinski definition) is 1. The SMILES string of the molecule is CCSc1nnc(NC(=O)C2CCCN(c3ccc(-c4ccco4)nn3)C2)s1. The summed E-state index contributed by atoms with van der Waals surface area (Å²) in [6.45, 7) is 3.52. The van der Waals surface area contributed by atoms with Gasteiger partial charge in [0.15, 0.2) is 15.9 Å². The number of amides is 1. The van der Waals surface area contributed by atoms with Crippen molar-refractivity contribution in [1.29, 1.82) is 0 Å². The lowest BCUT2D eigenvalue weighted by Gasteiger charge is -2.32. The van der Waals surface area contributed by atoms with Crippen molar-refractivity contribution in [3.63, 3.8) is 0 Å². The number of aromatic nitrogens is 4. The fourth-order valence-electron chi connectivity index (χ4n) is 3.10. The summed E-state index contributed by atoms with van der Waals surface area (Å²) in [4.78, 5) is 14.8. The second-order valence-corrected chi connectivity index (χ2v) is 8.82. The first-order chi connectivity index (χ1) is 13.7. The van der Waals surface area contributed by atoms with Crippen molar-refractivity contribution in [2.45, 2.75) is 24.1 Å². The minimum Gasteiger partial charge on any atom is -0.463 e. The van der Waals surface area contributed by atoms with E-state index in [1.54, 1.807) is 18.0 Å². The van der Waals surface area contributed by atoms with Crippen molar-refractivity contribution >= 4 is 40.0 Å². The second kappa shape index (κ2) is 8.70. The highest BCUT2D eigenvalue weighted by atomic mass is 32.2. The number of anilines is 2. The predicted molar refractivity (Wildman–Crippen MR) is 110 cm³/mol. The van der Waals surface area contributed by atoms with Gasteiger partial charge in [0.25, 0.3) is 0 Å². The first-order valence-corrected chi connectivity index (χ1v) is 10.9. The molecule has 1 aliphatic rings. The summed E-state index contributed by atoms with van der Waals surface area (Å²) in [5, 5.41) is 20.2. The number of hydrogen-bond acceptors (Lipinski definition) is 9. The minimum absolute atomic E-state index is 0.0194. The van der Waals surface area contributed by atoms with E-state index in [2.05, 4.69) is 37.5 Å². The lowest BCUT2D eigenvalue weighted by molar-refractivity contribution is -0.120. The molecule has 0 aromatic carbocycles. The van der Waals surface area contributed by atoms with Crippen LogP contribution in [0.4, 0.5) is 10.9 Å². The molecule has 8 nitrogen and oxygen atoms in total. The number of piperidine rings is 1. The molecule has 0 bridgehead atoms. The number of furan rings is 1. The third kappa shape index (κ3) is 4.33. The highest BCUT2D eigenvalue weighted by Crippen LogP contribution is 2.27. The Morgan fingerprint density at radius 3 is 3.00 bits per heavy atom.